The van der Waals surface area contributed by atoms with Crippen molar-refractivity contribution in [3.8, 4) is 0 Å². The molecule has 3 aliphatic rings. The number of rotatable bonds is 5. The Hall–Kier alpha value is -1.40. The van der Waals surface area contributed by atoms with Gasteiger partial charge in [-0.15, -0.1) is 0 Å². The zero-order valence-corrected chi connectivity index (χ0v) is 13.8. The Morgan fingerprint density at radius 2 is 2.30 bits per heavy atom. The fourth-order valence-electron chi connectivity index (χ4n) is 3.84. The van der Waals surface area contributed by atoms with Crippen LogP contribution >= 0.6 is 0 Å². The van der Waals surface area contributed by atoms with E-state index in [0.29, 0.717) is 17.5 Å². The second-order valence-corrected chi connectivity index (χ2v) is 7.52. The molecule has 0 bridgehead atoms. The molecule has 3 atom stereocenters. The van der Waals surface area contributed by atoms with Crippen molar-refractivity contribution in [3.63, 3.8) is 0 Å². The highest BCUT2D eigenvalue weighted by atomic mass is 16.5. The van der Waals surface area contributed by atoms with Crippen LogP contribution < -0.4 is 10.6 Å². The van der Waals surface area contributed by atoms with Crippen LogP contribution in [-0.4, -0.2) is 54.7 Å². The minimum absolute atomic E-state index is 0.0955. The van der Waals surface area contributed by atoms with Crippen molar-refractivity contribution < 1.29 is 9.32 Å². The van der Waals surface area contributed by atoms with Crippen molar-refractivity contribution in [2.45, 2.75) is 38.1 Å². The average molecular weight is 318 g/mol. The molecule has 1 amide bonds. The van der Waals surface area contributed by atoms with Crippen LogP contribution in [0.2, 0.25) is 0 Å². The maximum Gasteiger partial charge on any atom is 0.273 e. The zero-order valence-electron chi connectivity index (χ0n) is 13.8. The molecule has 3 heterocycles. The Morgan fingerprint density at radius 3 is 3.04 bits per heavy atom. The molecular formula is C17H26N4O2. The van der Waals surface area contributed by atoms with E-state index >= 15 is 0 Å². The molecule has 6 nitrogen and oxygen atoms in total. The third-order valence-electron chi connectivity index (χ3n) is 5.42. The van der Waals surface area contributed by atoms with E-state index < -0.39 is 0 Å². The summed E-state index contributed by atoms with van der Waals surface area (Å²) in [5.74, 6) is 2.49. The highest BCUT2D eigenvalue weighted by molar-refractivity contribution is 5.92. The number of hydrogen-bond donors (Lipinski definition) is 2. The molecule has 4 rings (SSSR count). The molecule has 126 valence electrons. The number of nitrogens with zero attached hydrogens (tertiary/aromatic N) is 2. The van der Waals surface area contributed by atoms with Gasteiger partial charge >= 0.3 is 0 Å². The van der Waals surface area contributed by atoms with Gasteiger partial charge in [0.05, 0.1) is 0 Å². The van der Waals surface area contributed by atoms with Gasteiger partial charge in [0, 0.05) is 37.7 Å². The molecule has 3 fully saturated rings. The molecule has 0 spiro atoms. The van der Waals surface area contributed by atoms with E-state index in [2.05, 4.69) is 27.6 Å². The van der Waals surface area contributed by atoms with E-state index in [1.807, 2.05) is 6.07 Å². The SMILES string of the molecule is C[C@@H]1CN(CC2CCNC2)C[C@H]1NC(=O)c1cc(C2CC2)on1. The van der Waals surface area contributed by atoms with Crippen LogP contribution in [-0.2, 0) is 0 Å². The lowest BCUT2D eigenvalue weighted by Crippen LogP contribution is -2.40. The molecule has 1 aliphatic carbocycles. The topological polar surface area (TPSA) is 70.4 Å². The van der Waals surface area contributed by atoms with E-state index in [1.165, 1.54) is 6.42 Å². The molecule has 23 heavy (non-hydrogen) atoms. The standard InChI is InChI=1S/C17H26N4O2/c1-11-8-21(9-12-4-5-18-7-12)10-15(11)19-17(22)14-6-16(23-20-14)13-2-3-13/h6,11-13,15,18H,2-5,7-10H2,1H3,(H,19,22)/t11-,12?,15-/m1/s1. The van der Waals surface area contributed by atoms with Gasteiger partial charge in [0.1, 0.15) is 5.76 Å². The van der Waals surface area contributed by atoms with Gasteiger partial charge in [0.15, 0.2) is 5.69 Å². The van der Waals surface area contributed by atoms with Crippen molar-refractivity contribution in [1.29, 1.82) is 0 Å². The van der Waals surface area contributed by atoms with Crippen molar-refractivity contribution >= 4 is 5.91 Å². The molecule has 6 heteroatoms. The second kappa shape index (κ2) is 6.24. The summed E-state index contributed by atoms with van der Waals surface area (Å²) in [4.78, 5) is 14.9. The maximum atomic E-state index is 12.4. The summed E-state index contributed by atoms with van der Waals surface area (Å²) in [6.07, 6.45) is 3.58. The lowest BCUT2D eigenvalue weighted by molar-refractivity contribution is 0.0922. The summed E-state index contributed by atoms with van der Waals surface area (Å²) < 4.78 is 5.28. The first-order valence-electron chi connectivity index (χ1n) is 8.89. The molecule has 1 saturated carbocycles. The first-order valence-corrected chi connectivity index (χ1v) is 8.89. The summed E-state index contributed by atoms with van der Waals surface area (Å²) in [6, 6.07) is 2.02. The fourth-order valence-corrected chi connectivity index (χ4v) is 3.84. The van der Waals surface area contributed by atoms with Gasteiger partial charge in [-0.05, 0) is 44.2 Å². The quantitative estimate of drug-likeness (QED) is 0.854. The molecule has 2 N–H and O–H groups in total. The monoisotopic (exact) mass is 318 g/mol. The summed E-state index contributed by atoms with van der Waals surface area (Å²) in [6.45, 7) is 7.63. The Balaban J connectivity index is 1.31. The third-order valence-corrected chi connectivity index (χ3v) is 5.42. The van der Waals surface area contributed by atoms with Crippen molar-refractivity contribution in [2.24, 2.45) is 11.8 Å². The Kier molecular flexibility index (Phi) is 4.11. The normalized spacial score (nSPS) is 31.6. The average Bonchev–Trinajstić information content (AvgIpc) is 2.94. The maximum absolute atomic E-state index is 12.4. The predicted molar refractivity (Wildman–Crippen MR) is 86.3 cm³/mol. The van der Waals surface area contributed by atoms with Crippen LogP contribution in [0.3, 0.4) is 0 Å². The van der Waals surface area contributed by atoms with Gasteiger partial charge in [-0.25, -0.2) is 0 Å². The van der Waals surface area contributed by atoms with E-state index in [9.17, 15) is 4.79 Å². The van der Waals surface area contributed by atoms with E-state index in [0.717, 1.165) is 57.2 Å². The van der Waals surface area contributed by atoms with E-state index in [-0.39, 0.29) is 11.9 Å². The number of carbonyl (C=O) groups is 1. The fraction of sp³-hybridized carbons (Fsp3) is 0.765. The summed E-state index contributed by atoms with van der Waals surface area (Å²) in [5, 5.41) is 10.5. The number of nitrogens with one attached hydrogen (secondary N) is 2. The van der Waals surface area contributed by atoms with Gasteiger partial charge in [-0.1, -0.05) is 12.1 Å². The largest absolute Gasteiger partial charge is 0.360 e. The van der Waals surface area contributed by atoms with E-state index in [4.69, 9.17) is 4.52 Å². The van der Waals surface area contributed by atoms with Crippen LogP contribution in [0, 0.1) is 11.8 Å². The molecule has 2 saturated heterocycles. The van der Waals surface area contributed by atoms with E-state index in [1.54, 1.807) is 0 Å². The number of likely N-dealkylation sites (tertiary alicyclic amines) is 1. The second-order valence-electron chi connectivity index (χ2n) is 7.52. The van der Waals surface area contributed by atoms with Gasteiger partial charge in [0.2, 0.25) is 0 Å². The number of hydrogen-bond acceptors (Lipinski definition) is 5. The minimum atomic E-state index is -0.0955. The Labute approximate surface area is 137 Å². The molecule has 1 unspecified atom stereocenters. The van der Waals surface area contributed by atoms with Crippen molar-refractivity contribution in [3.05, 3.63) is 17.5 Å². The number of aromatic nitrogens is 1. The summed E-state index contributed by atoms with van der Waals surface area (Å²) >= 11 is 0. The first-order chi connectivity index (χ1) is 11.2. The molecular weight excluding hydrogens is 292 g/mol. The lowest BCUT2D eigenvalue weighted by atomic mass is 10.1. The smallest absolute Gasteiger partial charge is 0.273 e. The summed E-state index contributed by atoms with van der Waals surface area (Å²) in [5.41, 5.74) is 0.428. The van der Waals surface area contributed by atoms with Gasteiger partial charge in [0.25, 0.3) is 5.91 Å². The van der Waals surface area contributed by atoms with Crippen LogP contribution in [0.4, 0.5) is 0 Å². The number of amides is 1. The zero-order chi connectivity index (χ0) is 15.8. The highest BCUT2D eigenvalue weighted by Gasteiger charge is 2.34. The van der Waals surface area contributed by atoms with Crippen LogP contribution in [0.5, 0.6) is 0 Å². The Morgan fingerprint density at radius 1 is 1.43 bits per heavy atom. The first kappa shape index (κ1) is 15.1. The van der Waals surface area contributed by atoms with Gasteiger partial charge < -0.3 is 20.1 Å². The van der Waals surface area contributed by atoms with Crippen molar-refractivity contribution in [1.82, 2.24) is 20.7 Å². The predicted octanol–water partition coefficient (Wildman–Crippen LogP) is 1.21. The Bertz CT molecular complexity index is 563. The molecule has 2 aliphatic heterocycles. The lowest BCUT2D eigenvalue weighted by Gasteiger charge is -2.19. The molecule has 1 aromatic heterocycles. The van der Waals surface area contributed by atoms with Crippen molar-refractivity contribution in [2.75, 3.05) is 32.7 Å². The third kappa shape index (κ3) is 3.43. The van der Waals surface area contributed by atoms with Crippen LogP contribution in [0.25, 0.3) is 0 Å². The van der Waals surface area contributed by atoms with Crippen LogP contribution in [0.1, 0.15) is 48.4 Å². The summed E-state index contributed by atoms with van der Waals surface area (Å²) in [7, 11) is 0. The molecule has 1 aromatic rings. The van der Waals surface area contributed by atoms with Gasteiger partial charge in [-0.3, -0.25) is 4.79 Å². The van der Waals surface area contributed by atoms with Gasteiger partial charge in [-0.2, -0.15) is 0 Å². The molecule has 0 radical (unpaired) electrons. The molecule has 0 aromatic carbocycles. The number of carbonyl (C=O) groups excluding carboxylic acids is 1. The van der Waals surface area contributed by atoms with Crippen LogP contribution in [0.15, 0.2) is 10.6 Å². The highest BCUT2D eigenvalue weighted by Crippen LogP contribution is 2.40. The minimum Gasteiger partial charge on any atom is -0.360 e.